The Morgan fingerprint density at radius 3 is 2.90 bits per heavy atom. The molecule has 0 spiro atoms. The van der Waals surface area contributed by atoms with Gasteiger partial charge in [-0.2, -0.15) is 5.10 Å². The summed E-state index contributed by atoms with van der Waals surface area (Å²) in [5.41, 5.74) is 1.23. The lowest BCUT2D eigenvalue weighted by atomic mass is 10.2. The second-order valence-corrected chi connectivity index (χ2v) is 4.87. The molecule has 0 bridgehead atoms. The average Bonchev–Trinajstić information content (AvgIpc) is 2.87. The van der Waals surface area contributed by atoms with Crippen LogP contribution >= 0.6 is 0 Å². The number of hydrogen-bond donors (Lipinski definition) is 1. The van der Waals surface area contributed by atoms with Crippen molar-refractivity contribution in [3.05, 3.63) is 42.2 Å². The van der Waals surface area contributed by atoms with Crippen molar-refractivity contribution in [1.82, 2.24) is 15.1 Å². The Balaban J connectivity index is 1.95. The molecule has 2 aromatic rings. The van der Waals surface area contributed by atoms with Gasteiger partial charge in [0.2, 0.25) is 0 Å². The standard InChI is InChI=1S/C16H23N3O/c1-3-8-17-11-14-6-5-7-15(10-14)20-16-12-18-19(13-16)9-4-2/h5-7,10,12-13,17H,3-4,8-9,11H2,1-2H3. The number of hydrogen-bond acceptors (Lipinski definition) is 3. The second kappa shape index (κ2) is 7.70. The minimum atomic E-state index is 0.789. The first-order valence-corrected chi connectivity index (χ1v) is 7.31. The quantitative estimate of drug-likeness (QED) is 0.747. The Kier molecular flexibility index (Phi) is 5.62. The van der Waals surface area contributed by atoms with E-state index in [0.29, 0.717) is 0 Å². The fourth-order valence-corrected chi connectivity index (χ4v) is 2.01. The molecular weight excluding hydrogens is 250 g/mol. The molecule has 0 saturated carbocycles. The molecule has 0 aliphatic heterocycles. The highest BCUT2D eigenvalue weighted by Gasteiger charge is 2.02. The van der Waals surface area contributed by atoms with Crippen molar-refractivity contribution >= 4 is 0 Å². The van der Waals surface area contributed by atoms with Gasteiger partial charge in [0.1, 0.15) is 5.75 Å². The van der Waals surface area contributed by atoms with E-state index in [2.05, 4.69) is 36.4 Å². The van der Waals surface area contributed by atoms with Gasteiger partial charge in [0.15, 0.2) is 5.75 Å². The van der Waals surface area contributed by atoms with E-state index in [9.17, 15) is 0 Å². The van der Waals surface area contributed by atoms with Gasteiger partial charge in [0.25, 0.3) is 0 Å². The first-order valence-electron chi connectivity index (χ1n) is 7.31. The fraction of sp³-hybridized carbons (Fsp3) is 0.438. The first-order chi connectivity index (χ1) is 9.81. The van der Waals surface area contributed by atoms with Crippen molar-refractivity contribution in [2.45, 2.75) is 39.8 Å². The van der Waals surface area contributed by atoms with Gasteiger partial charge in [-0.3, -0.25) is 4.68 Å². The maximum Gasteiger partial charge on any atom is 0.165 e. The molecular formula is C16H23N3O. The summed E-state index contributed by atoms with van der Waals surface area (Å²) in [6.07, 6.45) is 5.91. The van der Waals surface area contributed by atoms with Crippen molar-refractivity contribution in [1.29, 1.82) is 0 Å². The van der Waals surface area contributed by atoms with Crippen molar-refractivity contribution in [3.8, 4) is 11.5 Å². The van der Waals surface area contributed by atoms with Gasteiger partial charge in [-0.25, -0.2) is 0 Å². The Hall–Kier alpha value is -1.81. The van der Waals surface area contributed by atoms with E-state index in [1.165, 1.54) is 5.56 Å². The van der Waals surface area contributed by atoms with Crippen LogP contribution in [0.25, 0.3) is 0 Å². The minimum absolute atomic E-state index is 0.789. The molecule has 1 N–H and O–H groups in total. The molecule has 0 aliphatic rings. The fourth-order valence-electron chi connectivity index (χ4n) is 2.01. The topological polar surface area (TPSA) is 39.1 Å². The second-order valence-electron chi connectivity index (χ2n) is 4.87. The lowest BCUT2D eigenvalue weighted by Gasteiger charge is -2.06. The van der Waals surface area contributed by atoms with Crippen molar-refractivity contribution in [2.24, 2.45) is 0 Å². The maximum atomic E-state index is 5.84. The molecule has 0 fully saturated rings. The predicted molar refractivity (Wildman–Crippen MR) is 81.0 cm³/mol. The zero-order valence-electron chi connectivity index (χ0n) is 12.3. The van der Waals surface area contributed by atoms with E-state index >= 15 is 0 Å². The van der Waals surface area contributed by atoms with Gasteiger partial charge < -0.3 is 10.1 Å². The third kappa shape index (κ3) is 4.38. The minimum Gasteiger partial charge on any atom is -0.454 e. The monoisotopic (exact) mass is 273 g/mol. The summed E-state index contributed by atoms with van der Waals surface area (Å²) in [5, 5.41) is 7.66. The molecule has 1 aromatic heterocycles. The summed E-state index contributed by atoms with van der Waals surface area (Å²) in [6.45, 7) is 7.13. The van der Waals surface area contributed by atoms with E-state index in [1.54, 1.807) is 6.20 Å². The third-order valence-electron chi connectivity index (χ3n) is 2.95. The van der Waals surface area contributed by atoms with Gasteiger partial charge in [-0.05, 0) is 37.1 Å². The smallest absolute Gasteiger partial charge is 0.165 e. The Bertz CT molecular complexity index is 522. The summed E-state index contributed by atoms with van der Waals surface area (Å²) in [6, 6.07) is 8.17. The predicted octanol–water partition coefficient (Wildman–Crippen LogP) is 3.59. The lowest BCUT2D eigenvalue weighted by molar-refractivity contribution is 0.479. The number of rotatable bonds is 8. The number of aromatic nitrogens is 2. The molecule has 0 amide bonds. The molecule has 4 nitrogen and oxygen atoms in total. The number of benzene rings is 1. The van der Waals surface area contributed by atoms with Crippen molar-refractivity contribution in [2.75, 3.05) is 6.54 Å². The zero-order chi connectivity index (χ0) is 14.2. The SMILES string of the molecule is CCCNCc1cccc(Oc2cnn(CCC)c2)c1. The van der Waals surface area contributed by atoms with Crippen LogP contribution in [0.4, 0.5) is 0 Å². The average molecular weight is 273 g/mol. The van der Waals surface area contributed by atoms with Crippen LogP contribution in [0.1, 0.15) is 32.3 Å². The highest BCUT2D eigenvalue weighted by atomic mass is 16.5. The van der Waals surface area contributed by atoms with Gasteiger partial charge in [0.05, 0.1) is 12.4 Å². The maximum absolute atomic E-state index is 5.84. The van der Waals surface area contributed by atoms with Crippen LogP contribution in [-0.2, 0) is 13.1 Å². The molecule has 4 heteroatoms. The van der Waals surface area contributed by atoms with E-state index in [4.69, 9.17) is 4.74 Å². The molecule has 0 atom stereocenters. The van der Waals surface area contributed by atoms with Gasteiger partial charge in [-0.15, -0.1) is 0 Å². The van der Waals surface area contributed by atoms with Crippen LogP contribution < -0.4 is 10.1 Å². The molecule has 0 saturated heterocycles. The molecule has 1 heterocycles. The number of nitrogens with zero attached hydrogens (tertiary/aromatic N) is 2. The Labute approximate surface area is 120 Å². The Morgan fingerprint density at radius 1 is 1.20 bits per heavy atom. The summed E-state index contributed by atoms with van der Waals surface area (Å²) in [4.78, 5) is 0. The zero-order valence-corrected chi connectivity index (χ0v) is 12.3. The number of nitrogens with one attached hydrogen (secondary N) is 1. The molecule has 0 radical (unpaired) electrons. The van der Waals surface area contributed by atoms with Crippen LogP contribution in [0.3, 0.4) is 0 Å². The van der Waals surface area contributed by atoms with Gasteiger partial charge >= 0.3 is 0 Å². The van der Waals surface area contributed by atoms with Crippen LogP contribution in [0.5, 0.6) is 11.5 Å². The molecule has 1 aromatic carbocycles. The van der Waals surface area contributed by atoms with E-state index in [-0.39, 0.29) is 0 Å². The van der Waals surface area contributed by atoms with Crippen LogP contribution in [0.2, 0.25) is 0 Å². The molecule has 0 aliphatic carbocycles. The molecule has 2 rings (SSSR count). The van der Waals surface area contributed by atoms with Crippen LogP contribution in [-0.4, -0.2) is 16.3 Å². The van der Waals surface area contributed by atoms with E-state index in [1.807, 2.05) is 23.0 Å². The lowest BCUT2D eigenvalue weighted by Crippen LogP contribution is -2.13. The molecule has 20 heavy (non-hydrogen) atoms. The van der Waals surface area contributed by atoms with Crippen molar-refractivity contribution < 1.29 is 4.74 Å². The van der Waals surface area contributed by atoms with Crippen LogP contribution in [0, 0.1) is 0 Å². The number of aryl methyl sites for hydroxylation is 1. The largest absolute Gasteiger partial charge is 0.454 e. The molecule has 0 unspecified atom stereocenters. The highest BCUT2D eigenvalue weighted by molar-refractivity contribution is 5.32. The van der Waals surface area contributed by atoms with E-state index < -0.39 is 0 Å². The molecule has 108 valence electrons. The first kappa shape index (κ1) is 14.6. The normalized spacial score (nSPS) is 10.7. The summed E-state index contributed by atoms with van der Waals surface area (Å²) in [5.74, 6) is 1.65. The Morgan fingerprint density at radius 2 is 2.10 bits per heavy atom. The van der Waals surface area contributed by atoms with Crippen molar-refractivity contribution in [3.63, 3.8) is 0 Å². The van der Waals surface area contributed by atoms with Gasteiger partial charge in [0, 0.05) is 13.1 Å². The number of ether oxygens (including phenoxy) is 1. The van der Waals surface area contributed by atoms with Crippen LogP contribution in [0.15, 0.2) is 36.7 Å². The van der Waals surface area contributed by atoms with Gasteiger partial charge in [-0.1, -0.05) is 26.0 Å². The van der Waals surface area contributed by atoms with E-state index in [0.717, 1.165) is 44.0 Å². The summed E-state index contributed by atoms with van der Waals surface area (Å²) >= 11 is 0. The third-order valence-corrected chi connectivity index (χ3v) is 2.95. The summed E-state index contributed by atoms with van der Waals surface area (Å²) < 4.78 is 7.75. The summed E-state index contributed by atoms with van der Waals surface area (Å²) in [7, 11) is 0. The highest BCUT2D eigenvalue weighted by Crippen LogP contribution is 2.21.